The quantitative estimate of drug-likeness (QED) is 0.709. The van der Waals surface area contributed by atoms with Gasteiger partial charge in [0.25, 0.3) is 0 Å². The van der Waals surface area contributed by atoms with Crippen molar-refractivity contribution in [2.24, 2.45) is 11.3 Å². The Kier molecular flexibility index (Phi) is 3.16. The molecule has 0 aromatic heterocycles. The highest BCUT2D eigenvalue weighted by atomic mass is 15.0. The van der Waals surface area contributed by atoms with Crippen LogP contribution >= 0.6 is 0 Å². The molecule has 0 heterocycles. The zero-order valence-corrected chi connectivity index (χ0v) is 9.81. The molecule has 1 unspecified atom stereocenters. The molecular weight excluding hydrogens is 170 g/mol. The summed E-state index contributed by atoms with van der Waals surface area (Å²) >= 11 is 0. The first-order chi connectivity index (χ1) is 6.74. The Morgan fingerprint density at radius 2 is 1.79 bits per heavy atom. The van der Waals surface area contributed by atoms with E-state index >= 15 is 0 Å². The summed E-state index contributed by atoms with van der Waals surface area (Å²) in [6.07, 6.45) is 10.1. The lowest BCUT2D eigenvalue weighted by atomic mass is 9.74. The molecule has 1 N–H and O–H groups in total. The second-order valence-electron chi connectivity index (χ2n) is 5.64. The van der Waals surface area contributed by atoms with Crippen molar-refractivity contribution >= 4 is 0 Å². The topological polar surface area (TPSA) is 12.0 Å². The van der Waals surface area contributed by atoms with Gasteiger partial charge in [0, 0.05) is 12.6 Å². The average molecular weight is 195 g/mol. The molecule has 0 aromatic rings. The monoisotopic (exact) mass is 195 g/mol. The molecule has 2 aliphatic rings. The fourth-order valence-corrected chi connectivity index (χ4v) is 2.85. The van der Waals surface area contributed by atoms with Crippen molar-refractivity contribution in [2.45, 2.75) is 64.8 Å². The van der Waals surface area contributed by atoms with E-state index in [-0.39, 0.29) is 0 Å². The Morgan fingerprint density at radius 1 is 1.14 bits per heavy atom. The minimum atomic E-state index is 0.582. The third-order valence-electron chi connectivity index (χ3n) is 4.52. The fraction of sp³-hybridized carbons (Fsp3) is 1.00. The highest BCUT2D eigenvalue weighted by molar-refractivity contribution is 4.90. The van der Waals surface area contributed by atoms with Gasteiger partial charge in [0.05, 0.1) is 0 Å². The summed E-state index contributed by atoms with van der Waals surface area (Å²) in [6.45, 7) is 6.13. The van der Waals surface area contributed by atoms with Crippen LogP contribution in [0.5, 0.6) is 0 Å². The molecule has 1 heteroatoms. The van der Waals surface area contributed by atoms with Gasteiger partial charge in [0.2, 0.25) is 0 Å². The van der Waals surface area contributed by atoms with Gasteiger partial charge < -0.3 is 5.32 Å². The van der Waals surface area contributed by atoms with Crippen molar-refractivity contribution in [2.75, 3.05) is 6.54 Å². The van der Waals surface area contributed by atoms with Crippen LogP contribution in [-0.2, 0) is 0 Å². The summed E-state index contributed by atoms with van der Waals surface area (Å²) in [6, 6.07) is 0.877. The van der Waals surface area contributed by atoms with E-state index in [1.54, 1.807) is 0 Å². The van der Waals surface area contributed by atoms with E-state index in [4.69, 9.17) is 0 Å². The van der Waals surface area contributed by atoms with Gasteiger partial charge in [0.1, 0.15) is 0 Å². The molecular formula is C13H25N. The summed E-state index contributed by atoms with van der Waals surface area (Å²) in [5.41, 5.74) is 0.582. The molecule has 14 heavy (non-hydrogen) atoms. The molecule has 82 valence electrons. The number of hydrogen-bond donors (Lipinski definition) is 1. The zero-order valence-electron chi connectivity index (χ0n) is 9.81. The summed E-state index contributed by atoms with van der Waals surface area (Å²) < 4.78 is 0. The first-order valence-electron chi connectivity index (χ1n) is 6.48. The standard InChI is InChI=1S/C13H25N/c1-3-13(2,10-14-12-8-9-12)11-6-4-5-7-11/h11-12,14H,3-10H2,1-2H3. The van der Waals surface area contributed by atoms with E-state index in [2.05, 4.69) is 19.2 Å². The molecule has 1 atom stereocenters. The maximum Gasteiger partial charge on any atom is 0.00684 e. The second kappa shape index (κ2) is 4.22. The van der Waals surface area contributed by atoms with Crippen LogP contribution in [0.25, 0.3) is 0 Å². The zero-order chi connectivity index (χ0) is 10.0. The molecule has 1 nitrogen and oxygen atoms in total. The third-order valence-corrected chi connectivity index (χ3v) is 4.52. The van der Waals surface area contributed by atoms with Gasteiger partial charge in [-0.05, 0) is 43.4 Å². The van der Waals surface area contributed by atoms with Gasteiger partial charge in [-0.2, -0.15) is 0 Å². The van der Waals surface area contributed by atoms with E-state index in [9.17, 15) is 0 Å². The van der Waals surface area contributed by atoms with E-state index in [1.807, 2.05) is 0 Å². The number of hydrogen-bond acceptors (Lipinski definition) is 1. The summed E-state index contributed by atoms with van der Waals surface area (Å²) in [5.74, 6) is 0.999. The largest absolute Gasteiger partial charge is 0.313 e. The van der Waals surface area contributed by atoms with Crippen molar-refractivity contribution in [1.29, 1.82) is 0 Å². The van der Waals surface area contributed by atoms with Crippen LogP contribution in [0, 0.1) is 11.3 Å². The van der Waals surface area contributed by atoms with Crippen LogP contribution in [0.3, 0.4) is 0 Å². The minimum absolute atomic E-state index is 0.582. The van der Waals surface area contributed by atoms with E-state index in [0.717, 1.165) is 12.0 Å². The highest BCUT2D eigenvalue weighted by Crippen LogP contribution is 2.42. The molecule has 0 spiro atoms. The van der Waals surface area contributed by atoms with Gasteiger partial charge in [-0.1, -0.05) is 26.7 Å². The first-order valence-corrected chi connectivity index (χ1v) is 6.48. The predicted octanol–water partition coefficient (Wildman–Crippen LogP) is 3.34. The van der Waals surface area contributed by atoms with E-state index < -0.39 is 0 Å². The van der Waals surface area contributed by atoms with Crippen LogP contribution in [0.4, 0.5) is 0 Å². The molecule has 2 saturated carbocycles. The Labute approximate surface area is 88.7 Å². The van der Waals surface area contributed by atoms with Crippen LogP contribution in [0.1, 0.15) is 58.8 Å². The summed E-state index contributed by atoms with van der Waals surface area (Å²) in [7, 11) is 0. The molecule has 2 rings (SSSR count). The average Bonchev–Trinajstić information content (AvgIpc) is 2.87. The summed E-state index contributed by atoms with van der Waals surface area (Å²) in [4.78, 5) is 0. The maximum absolute atomic E-state index is 3.72. The second-order valence-corrected chi connectivity index (χ2v) is 5.64. The SMILES string of the molecule is CCC(C)(CNC1CC1)C1CCCC1. The molecule has 0 saturated heterocycles. The predicted molar refractivity (Wildman–Crippen MR) is 61.4 cm³/mol. The Bertz CT molecular complexity index is 180. The Balaban J connectivity index is 1.85. The fourth-order valence-electron chi connectivity index (χ4n) is 2.85. The first kappa shape index (κ1) is 10.5. The Hall–Kier alpha value is -0.0400. The Morgan fingerprint density at radius 3 is 2.29 bits per heavy atom. The molecule has 2 aliphatic carbocycles. The molecule has 2 fully saturated rings. The van der Waals surface area contributed by atoms with Crippen LogP contribution in [-0.4, -0.2) is 12.6 Å². The molecule has 0 aromatic carbocycles. The van der Waals surface area contributed by atoms with Gasteiger partial charge in [-0.15, -0.1) is 0 Å². The molecule has 0 radical (unpaired) electrons. The minimum Gasteiger partial charge on any atom is -0.313 e. The number of rotatable bonds is 5. The van der Waals surface area contributed by atoms with Crippen molar-refractivity contribution in [1.82, 2.24) is 5.32 Å². The van der Waals surface area contributed by atoms with Crippen LogP contribution in [0.2, 0.25) is 0 Å². The van der Waals surface area contributed by atoms with Crippen LogP contribution in [0.15, 0.2) is 0 Å². The van der Waals surface area contributed by atoms with Crippen molar-refractivity contribution in [3.63, 3.8) is 0 Å². The van der Waals surface area contributed by atoms with E-state index in [0.29, 0.717) is 5.41 Å². The van der Waals surface area contributed by atoms with Gasteiger partial charge in [-0.3, -0.25) is 0 Å². The maximum atomic E-state index is 3.72. The van der Waals surface area contributed by atoms with Crippen molar-refractivity contribution < 1.29 is 0 Å². The third kappa shape index (κ3) is 2.31. The lowest BCUT2D eigenvalue weighted by molar-refractivity contribution is 0.173. The normalized spacial score (nSPS) is 27.9. The summed E-state index contributed by atoms with van der Waals surface area (Å²) in [5, 5.41) is 3.72. The molecule has 0 aliphatic heterocycles. The smallest absolute Gasteiger partial charge is 0.00684 e. The van der Waals surface area contributed by atoms with Gasteiger partial charge in [-0.25, -0.2) is 0 Å². The van der Waals surface area contributed by atoms with Crippen molar-refractivity contribution in [3.05, 3.63) is 0 Å². The van der Waals surface area contributed by atoms with Crippen molar-refractivity contribution in [3.8, 4) is 0 Å². The van der Waals surface area contributed by atoms with Gasteiger partial charge in [0.15, 0.2) is 0 Å². The highest BCUT2D eigenvalue weighted by Gasteiger charge is 2.35. The lowest BCUT2D eigenvalue weighted by Crippen LogP contribution is -2.37. The van der Waals surface area contributed by atoms with E-state index in [1.165, 1.54) is 51.5 Å². The molecule has 0 amide bonds. The van der Waals surface area contributed by atoms with Gasteiger partial charge >= 0.3 is 0 Å². The molecule has 0 bridgehead atoms. The lowest BCUT2D eigenvalue weighted by Gasteiger charge is -2.35. The number of nitrogens with one attached hydrogen (secondary N) is 1. The van der Waals surface area contributed by atoms with Crippen LogP contribution < -0.4 is 5.32 Å².